The van der Waals surface area contributed by atoms with E-state index in [-0.39, 0.29) is 40.8 Å². The highest BCUT2D eigenvalue weighted by Crippen LogP contribution is 2.44. The zero-order valence-electron chi connectivity index (χ0n) is 21.0. The van der Waals surface area contributed by atoms with Gasteiger partial charge >= 0.3 is 5.97 Å². The number of hydrogen-bond acceptors (Lipinski definition) is 8. The summed E-state index contributed by atoms with van der Waals surface area (Å²) in [5.74, 6) is -0.616. The molecule has 5 rings (SSSR count). The summed E-state index contributed by atoms with van der Waals surface area (Å²) >= 11 is 12.2. The fraction of sp³-hybridized carbons (Fsp3) is 0.0667. The van der Waals surface area contributed by atoms with Crippen molar-refractivity contribution in [2.24, 2.45) is 5.73 Å². The third kappa shape index (κ3) is 5.79. The lowest BCUT2D eigenvalue weighted by Crippen LogP contribution is -2.21. The van der Waals surface area contributed by atoms with Gasteiger partial charge in [0.15, 0.2) is 0 Å². The molecule has 0 saturated carbocycles. The van der Waals surface area contributed by atoms with E-state index >= 15 is 0 Å². The average molecular weight is 588 g/mol. The van der Waals surface area contributed by atoms with E-state index in [2.05, 4.69) is 6.07 Å². The van der Waals surface area contributed by atoms with E-state index in [9.17, 15) is 20.2 Å². The van der Waals surface area contributed by atoms with Gasteiger partial charge in [-0.15, -0.1) is 0 Å². The summed E-state index contributed by atoms with van der Waals surface area (Å²) in [6, 6.07) is 24.5. The number of halogens is 2. The van der Waals surface area contributed by atoms with Crippen LogP contribution in [0.25, 0.3) is 0 Å². The maximum atomic E-state index is 12.7. The first-order valence-electron chi connectivity index (χ1n) is 12.1. The van der Waals surface area contributed by atoms with Crippen molar-refractivity contribution in [2.45, 2.75) is 12.5 Å². The van der Waals surface area contributed by atoms with Gasteiger partial charge in [0.25, 0.3) is 5.69 Å². The molecule has 0 radical (unpaired) electrons. The molecule has 0 amide bonds. The maximum absolute atomic E-state index is 12.7. The van der Waals surface area contributed by atoms with Crippen LogP contribution >= 0.6 is 23.2 Å². The van der Waals surface area contributed by atoms with Crippen molar-refractivity contribution in [2.75, 3.05) is 0 Å². The van der Waals surface area contributed by atoms with Crippen LogP contribution in [-0.2, 0) is 6.61 Å². The van der Waals surface area contributed by atoms with E-state index in [1.165, 1.54) is 36.4 Å². The molecule has 4 aromatic carbocycles. The Bertz CT molecular complexity index is 1750. The smallest absolute Gasteiger partial charge is 0.350 e. The number of fused-ring (bicyclic) bond motifs is 1. The van der Waals surface area contributed by atoms with Crippen LogP contribution in [0.4, 0.5) is 5.69 Å². The summed E-state index contributed by atoms with van der Waals surface area (Å²) in [5, 5.41) is 22.2. The summed E-state index contributed by atoms with van der Waals surface area (Å²) in [7, 11) is 0. The fourth-order valence-corrected chi connectivity index (χ4v) is 4.83. The molecule has 0 aromatic heterocycles. The quantitative estimate of drug-likeness (QED) is 0.106. The van der Waals surface area contributed by atoms with Crippen LogP contribution in [0.1, 0.15) is 33.0 Å². The maximum Gasteiger partial charge on any atom is 0.350 e. The number of nitro groups is 1. The van der Waals surface area contributed by atoms with Crippen molar-refractivity contribution in [3.8, 4) is 23.3 Å². The first-order valence-corrected chi connectivity index (χ1v) is 12.8. The van der Waals surface area contributed by atoms with Crippen LogP contribution in [-0.4, -0.2) is 10.9 Å². The molecule has 1 unspecified atom stereocenters. The zero-order valence-corrected chi connectivity index (χ0v) is 22.6. The van der Waals surface area contributed by atoms with Gasteiger partial charge in [-0.25, -0.2) is 4.79 Å². The Morgan fingerprint density at radius 1 is 1.02 bits per heavy atom. The Labute approximate surface area is 244 Å². The lowest BCUT2D eigenvalue weighted by atomic mass is 9.83. The third-order valence-corrected chi connectivity index (χ3v) is 6.93. The van der Waals surface area contributed by atoms with Crippen LogP contribution in [0.2, 0.25) is 10.0 Å². The third-order valence-electron chi connectivity index (χ3n) is 6.34. The number of ether oxygens (including phenoxy) is 3. The van der Waals surface area contributed by atoms with Gasteiger partial charge in [-0.1, -0.05) is 59.6 Å². The van der Waals surface area contributed by atoms with Gasteiger partial charge in [0, 0.05) is 33.3 Å². The molecule has 0 spiro atoms. The van der Waals surface area contributed by atoms with E-state index in [1.54, 1.807) is 36.4 Å². The SMILES string of the molecule is N#CC1=C(N)Oc2cc(OC(=O)c3ccccc3[N+](=O)[O-])ccc2C1c1ccc(OCc2ccc(Cl)cc2Cl)cc1. The Morgan fingerprint density at radius 3 is 2.46 bits per heavy atom. The summed E-state index contributed by atoms with van der Waals surface area (Å²) in [4.78, 5) is 23.3. The summed E-state index contributed by atoms with van der Waals surface area (Å²) in [5.41, 5.74) is 7.88. The predicted molar refractivity (Wildman–Crippen MR) is 151 cm³/mol. The molecule has 204 valence electrons. The van der Waals surface area contributed by atoms with E-state index in [0.717, 1.165) is 11.1 Å². The minimum absolute atomic E-state index is 0.0865. The minimum atomic E-state index is -0.902. The Balaban J connectivity index is 1.38. The topological polar surface area (TPSA) is 138 Å². The van der Waals surface area contributed by atoms with Crippen molar-refractivity contribution in [3.63, 3.8) is 0 Å². The number of nitro benzene ring substituents is 1. The molecule has 1 heterocycles. The second-order valence-corrected chi connectivity index (χ2v) is 9.73. The van der Waals surface area contributed by atoms with Crippen LogP contribution < -0.4 is 19.9 Å². The van der Waals surface area contributed by atoms with Gasteiger partial charge in [0.05, 0.1) is 10.8 Å². The first-order chi connectivity index (χ1) is 19.7. The van der Waals surface area contributed by atoms with Gasteiger partial charge < -0.3 is 19.9 Å². The van der Waals surface area contributed by atoms with E-state index in [0.29, 0.717) is 21.4 Å². The standard InChI is InChI=1S/C30H19Cl2N3O6/c31-19-8-5-18(25(32)13-19)16-39-20-9-6-17(7-10-20)28-23-12-11-21(14-27(23)41-29(34)24(28)15-33)40-30(36)22-3-1-2-4-26(22)35(37)38/h1-14,28H,16,34H2. The van der Waals surface area contributed by atoms with E-state index in [1.807, 2.05) is 12.1 Å². The Morgan fingerprint density at radius 2 is 1.76 bits per heavy atom. The first kappa shape index (κ1) is 27.5. The van der Waals surface area contributed by atoms with Crippen LogP contribution in [0.3, 0.4) is 0 Å². The van der Waals surface area contributed by atoms with Crippen LogP contribution in [0.15, 0.2) is 96.4 Å². The highest BCUT2D eigenvalue weighted by atomic mass is 35.5. The monoisotopic (exact) mass is 587 g/mol. The normalized spacial score (nSPS) is 13.9. The molecule has 1 aliphatic rings. The van der Waals surface area contributed by atoms with Crippen molar-refractivity contribution in [1.29, 1.82) is 5.26 Å². The van der Waals surface area contributed by atoms with Gasteiger partial charge in [-0.2, -0.15) is 5.26 Å². The number of allylic oxidation sites excluding steroid dienone is 1. The Kier molecular flexibility index (Phi) is 7.79. The van der Waals surface area contributed by atoms with Crippen molar-refractivity contribution < 1.29 is 23.9 Å². The van der Waals surface area contributed by atoms with Crippen LogP contribution in [0, 0.1) is 21.4 Å². The highest BCUT2D eigenvalue weighted by Gasteiger charge is 2.31. The van der Waals surface area contributed by atoms with Crippen LogP contribution in [0.5, 0.6) is 17.2 Å². The van der Waals surface area contributed by atoms with Gasteiger partial charge in [0.2, 0.25) is 5.88 Å². The number of para-hydroxylation sites is 1. The second-order valence-electron chi connectivity index (χ2n) is 8.88. The number of carbonyl (C=O) groups is 1. The summed E-state index contributed by atoms with van der Waals surface area (Å²) < 4.78 is 17.0. The molecule has 41 heavy (non-hydrogen) atoms. The lowest BCUT2D eigenvalue weighted by Gasteiger charge is -2.26. The summed E-state index contributed by atoms with van der Waals surface area (Å²) in [6.45, 7) is 0.235. The molecule has 1 atom stereocenters. The highest BCUT2D eigenvalue weighted by molar-refractivity contribution is 6.35. The Hall–Kier alpha value is -5.04. The average Bonchev–Trinajstić information content (AvgIpc) is 2.96. The molecule has 2 N–H and O–H groups in total. The minimum Gasteiger partial charge on any atom is -0.489 e. The number of nitrogens with zero attached hydrogens (tertiary/aromatic N) is 2. The number of rotatable bonds is 7. The van der Waals surface area contributed by atoms with Crippen molar-refractivity contribution >= 4 is 34.9 Å². The number of nitrogens with two attached hydrogens (primary N) is 1. The zero-order chi connectivity index (χ0) is 29.1. The largest absolute Gasteiger partial charge is 0.489 e. The molecule has 9 nitrogen and oxygen atoms in total. The number of nitriles is 1. The predicted octanol–water partition coefficient (Wildman–Crippen LogP) is 6.92. The molecular formula is C30H19Cl2N3O6. The molecule has 0 saturated heterocycles. The molecule has 1 aliphatic heterocycles. The molecule has 0 bridgehead atoms. The molecular weight excluding hydrogens is 569 g/mol. The number of benzene rings is 4. The molecule has 4 aromatic rings. The van der Waals surface area contributed by atoms with E-state index < -0.39 is 16.8 Å². The van der Waals surface area contributed by atoms with Gasteiger partial charge in [0.1, 0.15) is 41.1 Å². The fourth-order valence-electron chi connectivity index (χ4n) is 4.37. The van der Waals surface area contributed by atoms with E-state index in [4.69, 9.17) is 43.1 Å². The molecule has 0 aliphatic carbocycles. The molecule has 11 heteroatoms. The van der Waals surface area contributed by atoms with Gasteiger partial charge in [-0.3, -0.25) is 10.1 Å². The number of hydrogen-bond donors (Lipinski definition) is 1. The van der Waals surface area contributed by atoms with Crippen molar-refractivity contribution in [1.82, 2.24) is 0 Å². The lowest BCUT2D eigenvalue weighted by molar-refractivity contribution is -0.385. The number of carbonyl (C=O) groups excluding carboxylic acids is 1. The van der Waals surface area contributed by atoms with Gasteiger partial charge in [-0.05, 0) is 42.0 Å². The van der Waals surface area contributed by atoms with Crippen molar-refractivity contribution in [3.05, 3.63) is 139 Å². The summed E-state index contributed by atoms with van der Waals surface area (Å²) in [6.07, 6.45) is 0. The number of esters is 1. The molecule has 0 fully saturated rings. The second kappa shape index (κ2) is 11.6.